The lowest BCUT2D eigenvalue weighted by Crippen LogP contribution is -2.51. The molecular weight excluding hydrogens is 346 g/mol. The Kier molecular flexibility index (Phi) is 6.38. The van der Waals surface area contributed by atoms with Crippen LogP contribution in [-0.2, 0) is 19.6 Å². The van der Waals surface area contributed by atoms with Crippen LogP contribution in [0.1, 0.15) is 12.8 Å². The van der Waals surface area contributed by atoms with Crippen molar-refractivity contribution >= 4 is 21.8 Å². The monoisotopic (exact) mass is 369 g/mol. The zero-order chi connectivity index (χ0) is 18.4. The predicted octanol–water partition coefficient (Wildman–Crippen LogP) is -0.293. The Balaban J connectivity index is 2.01. The van der Waals surface area contributed by atoms with E-state index in [2.05, 4.69) is 4.72 Å². The number of para-hydroxylation sites is 1. The number of likely N-dealkylation sites (tertiary alicyclic amines) is 1. The van der Waals surface area contributed by atoms with Gasteiger partial charge in [-0.3, -0.25) is 9.59 Å². The summed E-state index contributed by atoms with van der Waals surface area (Å²) in [5.41, 5.74) is 5.33. The van der Waals surface area contributed by atoms with E-state index < -0.39 is 15.9 Å². The summed E-state index contributed by atoms with van der Waals surface area (Å²) >= 11 is 0. The van der Waals surface area contributed by atoms with E-state index in [-0.39, 0.29) is 30.9 Å². The lowest BCUT2D eigenvalue weighted by molar-refractivity contribution is -0.134. The molecule has 1 aliphatic heterocycles. The summed E-state index contributed by atoms with van der Waals surface area (Å²) in [5, 5.41) is 0. The molecule has 0 spiro atoms. The zero-order valence-corrected chi connectivity index (χ0v) is 14.9. The average Bonchev–Trinajstić information content (AvgIpc) is 2.54. The van der Waals surface area contributed by atoms with Gasteiger partial charge < -0.3 is 15.4 Å². The van der Waals surface area contributed by atoms with Crippen molar-refractivity contribution in [1.29, 1.82) is 0 Å². The number of nitrogens with two attached hydrogens (primary N) is 1. The molecule has 0 saturated carbocycles. The topological polar surface area (TPSA) is 119 Å². The van der Waals surface area contributed by atoms with Gasteiger partial charge in [-0.15, -0.1) is 0 Å². The van der Waals surface area contributed by atoms with Gasteiger partial charge in [0.2, 0.25) is 21.8 Å². The van der Waals surface area contributed by atoms with Gasteiger partial charge in [0.1, 0.15) is 11.9 Å². The maximum absolute atomic E-state index is 12.2. The Morgan fingerprint density at radius 1 is 1.32 bits per heavy atom. The molecule has 1 saturated heterocycles. The normalized spacial score (nSPS) is 20.9. The first-order chi connectivity index (χ1) is 11.7. The van der Waals surface area contributed by atoms with E-state index in [1.165, 1.54) is 4.90 Å². The van der Waals surface area contributed by atoms with Gasteiger partial charge in [-0.1, -0.05) is 18.2 Å². The highest BCUT2D eigenvalue weighted by Gasteiger charge is 2.34. The van der Waals surface area contributed by atoms with E-state index in [1.807, 2.05) is 30.3 Å². The van der Waals surface area contributed by atoms with Crippen molar-refractivity contribution in [2.45, 2.75) is 18.9 Å². The van der Waals surface area contributed by atoms with Gasteiger partial charge in [0.25, 0.3) is 0 Å². The van der Waals surface area contributed by atoms with Gasteiger partial charge in [-0.2, -0.15) is 0 Å². The van der Waals surface area contributed by atoms with Crippen molar-refractivity contribution in [3.05, 3.63) is 30.3 Å². The molecule has 2 amide bonds. The molecule has 0 aromatic heterocycles. The number of carbonyl (C=O) groups is 2. The highest BCUT2D eigenvalue weighted by molar-refractivity contribution is 7.88. The summed E-state index contributed by atoms with van der Waals surface area (Å²) in [4.78, 5) is 25.1. The summed E-state index contributed by atoms with van der Waals surface area (Å²) in [6.45, 7) is 0.425. The number of sulfonamides is 1. The number of carbonyl (C=O) groups excluding carboxylic acids is 2. The minimum Gasteiger partial charge on any atom is -0.490 e. The SMILES string of the molecule is CS(=O)(=O)NCC(=O)N1CC[C@H](Oc2ccccc2)[C@@H](CC(N)=O)C1. The fraction of sp³-hybridized carbons (Fsp3) is 0.500. The summed E-state index contributed by atoms with van der Waals surface area (Å²) in [7, 11) is -3.44. The lowest BCUT2D eigenvalue weighted by Gasteiger charge is -2.38. The van der Waals surface area contributed by atoms with E-state index in [1.54, 1.807) is 0 Å². The van der Waals surface area contributed by atoms with Crippen molar-refractivity contribution in [2.75, 3.05) is 25.9 Å². The van der Waals surface area contributed by atoms with Crippen LogP contribution in [0.2, 0.25) is 0 Å². The smallest absolute Gasteiger partial charge is 0.237 e. The Morgan fingerprint density at radius 2 is 2.00 bits per heavy atom. The second-order valence-electron chi connectivity index (χ2n) is 6.12. The molecule has 2 atom stereocenters. The zero-order valence-electron chi connectivity index (χ0n) is 14.1. The van der Waals surface area contributed by atoms with Crippen molar-refractivity contribution in [1.82, 2.24) is 9.62 Å². The van der Waals surface area contributed by atoms with Gasteiger partial charge in [0.05, 0.1) is 12.8 Å². The summed E-state index contributed by atoms with van der Waals surface area (Å²) in [6.07, 6.45) is 1.40. The average molecular weight is 369 g/mol. The Morgan fingerprint density at radius 3 is 2.60 bits per heavy atom. The molecule has 1 aliphatic rings. The number of nitrogens with zero attached hydrogens (tertiary/aromatic N) is 1. The highest BCUT2D eigenvalue weighted by atomic mass is 32.2. The van der Waals surface area contributed by atoms with Crippen LogP contribution in [0, 0.1) is 5.92 Å². The van der Waals surface area contributed by atoms with Crippen LogP contribution < -0.4 is 15.2 Å². The van der Waals surface area contributed by atoms with Crippen LogP contribution in [0.25, 0.3) is 0 Å². The van der Waals surface area contributed by atoms with Crippen LogP contribution in [0.5, 0.6) is 5.75 Å². The van der Waals surface area contributed by atoms with Crippen LogP contribution in [0.3, 0.4) is 0 Å². The standard InChI is InChI=1S/C16H23N3O5S/c1-25(22,23)18-10-16(21)19-8-7-14(12(11-19)9-15(17)20)24-13-5-3-2-4-6-13/h2-6,12,14,18H,7-11H2,1H3,(H2,17,20)/t12-,14-/m0/s1. The summed E-state index contributed by atoms with van der Waals surface area (Å²) in [5.74, 6) is -0.345. The number of amides is 2. The van der Waals surface area contributed by atoms with E-state index in [0.717, 1.165) is 6.26 Å². The van der Waals surface area contributed by atoms with Gasteiger partial charge in [0.15, 0.2) is 0 Å². The number of nitrogens with one attached hydrogen (secondary N) is 1. The van der Waals surface area contributed by atoms with Gasteiger partial charge in [-0.05, 0) is 12.1 Å². The van der Waals surface area contributed by atoms with E-state index in [0.29, 0.717) is 25.3 Å². The molecule has 8 nitrogen and oxygen atoms in total. The molecule has 0 radical (unpaired) electrons. The molecule has 1 aromatic rings. The molecule has 0 aliphatic carbocycles. The van der Waals surface area contributed by atoms with Crippen LogP contribution in [0.4, 0.5) is 0 Å². The first kappa shape index (κ1) is 19.2. The maximum atomic E-state index is 12.2. The van der Waals surface area contributed by atoms with Crippen molar-refractivity contribution < 1.29 is 22.7 Å². The second kappa shape index (κ2) is 8.30. The highest BCUT2D eigenvalue weighted by Crippen LogP contribution is 2.25. The molecule has 1 fully saturated rings. The lowest BCUT2D eigenvalue weighted by atomic mass is 9.91. The molecule has 25 heavy (non-hydrogen) atoms. The minimum absolute atomic E-state index is 0.0980. The number of rotatable bonds is 7. The quantitative estimate of drug-likeness (QED) is 0.684. The van der Waals surface area contributed by atoms with E-state index in [9.17, 15) is 18.0 Å². The second-order valence-corrected chi connectivity index (χ2v) is 7.95. The number of ether oxygens (including phenoxy) is 1. The molecule has 0 unspecified atom stereocenters. The molecule has 138 valence electrons. The third kappa shape index (κ3) is 6.35. The number of hydrogen-bond acceptors (Lipinski definition) is 5. The fourth-order valence-corrected chi connectivity index (χ4v) is 3.21. The molecule has 3 N–H and O–H groups in total. The third-order valence-electron chi connectivity index (χ3n) is 4.00. The van der Waals surface area contributed by atoms with Crippen molar-refractivity contribution in [3.63, 3.8) is 0 Å². The molecular formula is C16H23N3O5S. The van der Waals surface area contributed by atoms with Crippen molar-refractivity contribution in [3.8, 4) is 5.75 Å². The van der Waals surface area contributed by atoms with Crippen LogP contribution in [0.15, 0.2) is 30.3 Å². The van der Waals surface area contributed by atoms with Gasteiger partial charge in [0, 0.05) is 31.8 Å². The van der Waals surface area contributed by atoms with Crippen LogP contribution in [-0.4, -0.2) is 57.1 Å². The molecule has 9 heteroatoms. The maximum Gasteiger partial charge on any atom is 0.237 e. The van der Waals surface area contributed by atoms with E-state index >= 15 is 0 Å². The first-order valence-electron chi connectivity index (χ1n) is 7.97. The Labute approximate surface area is 147 Å². The number of piperidine rings is 1. The largest absolute Gasteiger partial charge is 0.490 e. The molecule has 0 bridgehead atoms. The predicted molar refractivity (Wildman–Crippen MR) is 92.2 cm³/mol. The van der Waals surface area contributed by atoms with Gasteiger partial charge in [-0.25, -0.2) is 13.1 Å². The van der Waals surface area contributed by atoms with E-state index in [4.69, 9.17) is 10.5 Å². The van der Waals surface area contributed by atoms with Crippen molar-refractivity contribution in [2.24, 2.45) is 11.7 Å². The number of primary amides is 1. The Hall–Kier alpha value is -2.13. The minimum atomic E-state index is -3.44. The molecule has 2 rings (SSSR count). The fourth-order valence-electron chi connectivity index (χ4n) is 2.83. The number of hydrogen-bond donors (Lipinski definition) is 2. The summed E-state index contributed by atoms with van der Waals surface area (Å²) in [6, 6.07) is 9.25. The Bertz CT molecular complexity index is 708. The third-order valence-corrected chi connectivity index (χ3v) is 4.67. The molecule has 1 aromatic carbocycles. The molecule has 1 heterocycles. The van der Waals surface area contributed by atoms with Crippen LogP contribution >= 0.6 is 0 Å². The van der Waals surface area contributed by atoms with Gasteiger partial charge >= 0.3 is 0 Å². The number of benzene rings is 1. The first-order valence-corrected chi connectivity index (χ1v) is 9.86. The summed E-state index contributed by atoms with van der Waals surface area (Å²) < 4.78 is 30.4.